The van der Waals surface area contributed by atoms with Crippen LogP contribution in [0.15, 0.2) is 6.20 Å². The lowest BCUT2D eigenvalue weighted by molar-refractivity contribution is 0.145. The minimum Gasteiger partial charge on any atom is -0.397 e. The third kappa shape index (κ3) is 1.75. The van der Waals surface area contributed by atoms with Crippen molar-refractivity contribution in [1.82, 2.24) is 4.98 Å². The lowest BCUT2D eigenvalue weighted by Crippen LogP contribution is -2.04. The van der Waals surface area contributed by atoms with Crippen LogP contribution < -0.4 is 5.73 Å². The topological polar surface area (TPSA) is 59.1 Å². The molecule has 0 fully saturated rings. The fraction of sp³-hybridized carbons (Fsp3) is 0.375. The molecule has 0 aromatic carbocycles. The molecule has 0 aliphatic carbocycles. The number of nitrogen functional groups attached to an aromatic ring is 1. The number of nitrogens with zero attached hydrogens (tertiary/aromatic N) is 1. The molecule has 1 aromatic rings. The molecule has 3 N–H and O–H groups in total. The maximum absolute atomic E-state index is 12.4. The molecular formula is C8H10F2N2O. The standard InChI is InChI=1S/C8H10F2N2O/c1-4-5(11)2-12-6(3-13)7(4)8(9)10/h2,8,13H,3,11H2,1H3. The number of hydrogen-bond donors (Lipinski definition) is 2. The number of aliphatic hydroxyl groups is 1. The minimum atomic E-state index is -2.65. The van der Waals surface area contributed by atoms with Gasteiger partial charge in [0.2, 0.25) is 0 Å². The number of nitrogens with two attached hydrogens (primary N) is 1. The molecule has 0 unspecified atom stereocenters. The van der Waals surface area contributed by atoms with Gasteiger partial charge in [-0.05, 0) is 12.5 Å². The summed E-state index contributed by atoms with van der Waals surface area (Å²) in [7, 11) is 0. The van der Waals surface area contributed by atoms with Crippen LogP contribution >= 0.6 is 0 Å². The van der Waals surface area contributed by atoms with E-state index < -0.39 is 13.0 Å². The van der Waals surface area contributed by atoms with E-state index in [9.17, 15) is 8.78 Å². The van der Waals surface area contributed by atoms with Gasteiger partial charge in [0, 0.05) is 5.56 Å². The molecule has 0 aliphatic heterocycles. The SMILES string of the molecule is Cc1c(N)cnc(CO)c1C(F)F. The Labute approximate surface area is 74.2 Å². The molecule has 0 saturated carbocycles. The summed E-state index contributed by atoms with van der Waals surface area (Å²) >= 11 is 0. The van der Waals surface area contributed by atoms with E-state index in [4.69, 9.17) is 10.8 Å². The molecule has 0 atom stereocenters. The molecule has 72 valence electrons. The third-order valence-electron chi connectivity index (χ3n) is 1.88. The molecule has 0 amide bonds. The maximum Gasteiger partial charge on any atom is 0.266 e. The predicted octanol–water partition coefficient (Wildman–Crippen LogP) is 1.40. The Kier molecular flexibility index (Phi) is 2.77. The Balaban J connectivity index is 3.32. The summed E-state index contributed by atoms with van der Waals surface area (Å²) in [6.07, 6.45) is -1.38. The zero-order chi connectivity index (χ0) is 10.0. The summed E-state index contributed by atoms with van der Waals surface area (Å²) in [6, 6.07) is 0. The Morgan fingerprint density at radius 3 is 2.69 bits per heavy atom. The van der Waals surface area contributed by atoms with Crippen molar-refractivity contribution in [3.8, 4) is 0 Å². The molecule has 0 saturated heterocycles. The van der Waals surface area contributed by atoms with Crippen molar-refractivity contribution in [3.05, 3.63) is 23.0 Å². The summed E-state index contributed by atoms with van der Waals surface area (Å²) in [4.78, 5) is 3.62. The van der Waals surface area contributed by atoms with Crippen LogP contribution in [0, 0.1) is 6.92 Å². The number of hydrogen-bond acceptors (Lipinski definition) is 3. The number of halogens is 2. The highest BCUT2D eigenvalue weighted by atomic mass is 19.3. The van der Waals surface area contributed by atoms with Gasteiger partial charge in [0.1, 0.15) is 0 Å². The van der Waals surface area contributed by atoms with E-state index in [2.05, 4.69) is 4.98 Å². The first-order chi connectivity index (χ1) is 6.07. The molecule has 0 radical (unpaired) electrons. The number of anilines is 1. The number of pyridine rings is 1. The van der Waals surface area contributed by atoms with E-state index in [-0.39, 0.29) is 22.5 Å². The lowest BCUT2D eigenvalue weighted by Gasteiger charge is -2.10. The molecule has 1 rings (SSSR count). The van der Waals surface area contributed by atoms with Crippen molar-refractivity contribution in [2.45, 2.75) is 20.0 Å². The molecule has 3 nitrogen and oxygen atoms in total. The Morgan fingerprint density at radius 2 is 2.23 bits per heavy atom. The van der Waals surface area contributed by atoms with Gasteiger partial charge in [-0.3, -0.25) is 4.98 Å². The van der Waals surface area contributed by atoms with Gasteiger partial charge in [0.05, 0.1) is 24.2 Å². The van der Waals surface area contributed by atoms with Crippen LogP contribution in [0.1, 0.15) is 23.2 Å². The van der Waals surface area contributed by atoms with Crippen LogP contribution in [-0.4, -0.2) is 10.1 Å². The molecule has 0 bridgehead atoms. The van der Waals surface area contributed by atoms with Gasteiger partial charge in [0.25, 0.3) is 6.43 Å². The Hall–Kier alpha value is -1.23. The van der Waals surface area contributed by atoms with Crippen molar-refractivity contribution in [2.75, 3.05) is 5.73 Å². The van der Waals surface area contributed by atoms with E-state index in [1.54, 1.807) is 0 Å². The van der Waals surface area contributed by atoms with Gasteiger partial charge in [-0.15, -0.1) is 0 Å². The highest BCUT2D eigenvalue weighted by Crippen LogP contribution is 2.28. The number of aromatic nitrogens is 1. The van der Waals surface area contributed by atoms with Crippen molar-refractivity contribution >= 4 is 5.69 Å². The van der Waals surface area contributed by atoms with E-state index in [0.717, 1.165) is 0 Å². The second kappa shape index (κ2) is 3.66. The van der Waals surface area contributed by atoms with Gasteiger partial charge < -0.3 is 10.8 Å². The monoisotopic (exact) mass is 188 g/mol. The van der Waals surface area contributed by atoms with Crippen LogP contribution in [0.5, 0.6) is 0 Å². The van der Waals surface area contributed by atoms with Gasteiger partial charge in [-0.2, -0.15) is 0 Å². The van der Waals surface area contributed by atoms with Crippen LogP contribution in [0.2, 0.25) is 0 Å². The third-order valence-corrected chi connectivity index (χ3v) is 1.88. The van der Waals surface area contributed by atoms with E-state index in [0.29, 0.717) is 0 Å². The van der Waals surface area contributed by atoms with Crippen LogP contribution in [0.3, 0.4) is 0 Å². The van der Waals surface area contributed by atoms with Gasteiger partial charge in [0.15, 0.2) is 0 Å². The summed E-state index contributed by atoms with van der Waals surface area (Å²) in [5.41, 5.74) is 5.63. The quantitative estimate of drug-likeness (QED) is 0.737. The summed E-state index contributed by atoms with van der Waals surface area (Å²) < 4.78 is 24.9. The molecule has 1 aromatic heterocycles. The predicted molar refractivity (Wildman–Crippen MR) is 44.3 cm³/mol. The second-order valence-electron chi connectivity index (χ2n) is 2.66. The molecule has 1 heterocycles. The van der Waals surface area contributed by atoms with E-state index >= 15 is 0 Å². The number of rotatable bonds is 2. The first-order valence-electron chi connectivity index (χ1n) is 3.70. The molecule has 5 heteroatoms. The smallest absolute Gasteiger partial charge is 0.266 e. The normalized spacial score (nSPS) is 10.8. The molecule has 13 heavy (non-hydrogen) atoms. The minimum absolute atomic E-state index is 0.0123. The number of aliphatic hydroxyl groups excluding tert-OH is 1. The summed E-state index contributed by atoms with van der Waals surface area (Å²) in [6.45, 7) is 0.985. The first-order valence-corrected chi connectivity index (χ1v) is 3.70. The van der Waals surface area contributed by atoms with Crippen molar-refractivity contribution < 1.29 is 13.9 Å². The van der Waals surface area contributed by atoms with Crippen LogP contribution in [-0.2, 0) is 6.61 Å². The molecular weight excluding hydrogens is 178 g/mol. The average Bonchev–Trinajstić information content (AvgIpc) is 2.08. The summed E-state index contributed by atoms with van der Waals surface area (Å²) in [5.74, 6) is 0. The zero-order valence-electron chi connectivity index (χ0n) is 7.09. The van der Waals surface area contributed by atoms with E-state index in [1.807, 2.05) is 0 Å². The fourth-order valence-electron chi connectivity index (χ4n) is 1.10. The van der Waals surface area contributed by atoms with Crippen LogP contribution in [0.25, 0.3) is 0 Å². The van der Waals surface area contributed by atoms with E-state index in [1.165, 1.54) is 13.1 Å². The number of alkyl halides is 2. The first kappa shape index (κ1) is 9.85. The average molecular weight is 188 g/mol. The van der Waals surface area contributed by atoms with Crippen LogP contribution in [0.4, 0.5) is 14.5 Å². The van der Waals surface area contributed by atoms with Crippen molar-refractivity contribution in [3.63, 3.8) is 0 Å². The zero-order valence-corrected chi connectivity index (χ0v) is 7.09. The highest BCUT2D eigenvalue weighted by molar-refractivity contribution is 5.50. The molecule has 0 aliphatic rings. The Bertz CT molecular complexity index is 315. The second-order valence-corrected chi connectivity index (χ2v) is 2.66. The highest BCUT2D eigenvalue weighted by Gasteiger charge is 2.17. The van der Waals surface area contributed by atoms with Gasteiger partial charge in [-0.1, -0.05) is 0 Å². The van der Waals surface area contributed by atoms with Crippen molar-refractivity contribution in [2.24, 2.45) is 0 Å². The maximum atomic E-state index is 12.4. The van der Waals surface area contributed by atoms with Crippen molar-refractivity contribution in [1.29, 1.82) is 0 Å². The lowest BCUT2D eigenvalue weighted by atomic mass is 10.1. The summed E-state index contributed by atoms with van der Waals surface area (Å²) in [5, 5.41) is 8.75. The van der Waals surface area contributed by atoms with Gasteiger partial charge in [-0.25, -0.2) is 8.78 Å². The Morgan fingerprint density at radius 1 is 1.62 bits per heavy atom. The fourth-order valence-corrected chi connectivity index (χ4v) is 1.10. The largest absolute Gasteiger partial charge is 0.397 e. The molecule has 0 spiro atoms. The van der Waals surface area contributed by atoms with Gasteiger partial charge >= 0.3 is 0 Å².